The first kappa shape index (κ1) is 28.8. The third kappa shape index (κ3) is 7.34. The molecule has 1 aromatic heterocycles. The molecule has 0 aliphatic carbocycles. The number of benzene rings is 2. The highest BCUT2D eigenvalue weighted by Gasteiger charge is 2.23. The minimum Gasteiger partial charge on any atom is -0.493 e. The second-order valence-corrected chi connectivity index (χ2v) is 10.5. The van der Waals surface area contributed by atoms with Gasteiger partial charge < -0.3 is 28.7 Å². The van der Waals surface area contributed by atoms with Crippen LogP contribution in [0.2, 0.25) is 0 Å². The molecule has 3 unspecified atom stereocenters. The van der Waals surface area contributed by atoms with E-state index in [-0.39, 0.29) is 6.04 Å². The summed E-state index contributed by atoms with van der Waals surface area (Å²) in [4.78, 5) is 17.9. The van der Waals surface area contributed by atoms with Crippen LogP contribution < -0.4 is 14.2 Å². The van der Waals surface area contributed by atoms with E-state index < -0.39 is 5.97 Å². The van der Waals surface area contributed by atoms with Crippen LogP contribution in [0.15, 0.2) is 42.5 Å². The van der Waals surface area contributed by atoms with Gasteiger partial charge in [-0.3, -0.25) is 0 Å². The lowest BCUT2D eigenvalue weighted by molar-refractivity contribution is 0.0487. The van der Waals surface area contributed by atoms with Gasteiger partial charge >= 0.3 is 5.97 Å². The van der Waals surface area contributed by atoms with Crippen molar-refractivity contribution in [3.8, 4) is 28.6 Å². The zero-order chi connectivity index (χ0) is 28.4. The molecule has 41 heavy (non-hydrogen) atoms. The minimum absolute atomic E-state index is 0.1000. The number of hydrogen-bond donors (Lipinski definition) is 0. The molecule has 11 heteroatoms. The molecule has 1 fully saturated rings. The summed E-state index contributed by atoms with van der Waals surface area (Å²) in [7, 11) is 3.10. The molecule has 11 nitrogen and oxygen atoms in total. The number of cyclic esters (lactones) is 1. The Kier molecular flexibility index (Phi) is 10.0. The van der Waals surface area contributed by atoms with Crippen LogP contribution in [0.5, 0.6) is 17.2 Å². The molecule has 5 rings (SSSR count). The van der Waals surface area contributed by atoms with E-state index in [2.05, 4.69) is 25.3 Å². The highest BCUT2D eigenvalue weighted by Crippen LogP contribution is 2.39. The number of methoxy groups -OCH3 is 2. The SMILES string of the molecule is COc1cc2cc(c1OC)OCCCC(n1nnnc1-c1ccccc1)CCN1CCCN(CCCOC2=O)CC1. The summed E-state index contributed by atoms with van der Waals surface area (Å²) in [6, 6.07) is 13.5. The van der Waals surface area contributed by atoms with Crippen molar-refractivity contribution < 1.29 is 23.7 Å². The first-order valence-electron chi connectivity index (χ1n) is 14.5. The summed E-state index contributed by atoms with van der Waals surface area (Å²) >= 11 is 0. The summed E-state index contributed by atoms with van der Waals surface area (Å²) in [5.74, 6) is 1.70. The van der Waals surface area contributed by atoms with Gasteiger partial charge in [-0.2, -0.15) is 0 Å². The topological polar surface area (TPSA) is 104 Å². The predicted octanol–water partition coefficient (Wildman–Crippen LogP) is 3.72. The van der Waals surface area contributed by atoms with Crippen LogP contribution in [0.25, 0.3) is 11.4 Å². The maximum atomic E-state index is 12.9. The second kappa shape index (κ2) is 14.3. The number of nitrogens with zero attached hydrogens (tertiary/aromatic N) is 6. The van der Waals surface area contributed by atoms with Crippen molar-refractivity contribution in [1.82, 2.24) is 30.0 Å². The number of tetrazole rings is 1. The van der Waals surface area contributed by atoms with Crippen LogP contribution >= 0.6 is 0 Å². The summed E-state index contributed by atoms with van der Waals surface area (Å²) in [6.07, 6.45) is 4.41. The van der Waals surface area contributed by atoms with Crippen molar-refractivity contribution in [2.45, 2.75) is 38.1 Å². The number of fused-ring (bicyclic) bond motifs is 5. The van der Waals surface area contributed by atoms with Crippen LogP contribution in [0, 0.1) is 0 Å². The van der Waals surface area contributed by atoms with E-state index in [1.165, 1.54) is 0 Å². The van der Waals surface area contributed by atoms with Gasteiger partial charge in [-0.25, -0.2) is 9.48 Å². The second-order valence-electron chi connectivity index (χ2n) is 10.5. The molecule has 3 aromatic rings. The number of rotatable bonds is 4. The molecule has 4 bridgehead atoms. The summed E-state index contributed by atoms with van der Waals surface area (Å²) in [6.45, 7) is 6.80. The van der Waals surface area contributed by atoms with E-state index in [0.29, 0.717) is 36.0 Å². The average Bonchev–Trinajstić information content (AvgIpc) is 3.38. The number of esters is 1. The van der Waals surface area contributed by atoms with Gasteiger partial charge in [0.1, 0.15) is 0 Å². The van der Waals surface area contributed by atoms with Gasteiger partial charge in [0.25, 0.3) is 0 Å². The first-order valence-corrected chi connectivity index (χ1v) is 14.5. The Bertz CT molecular complexity index is 1270. The fourth-order valence-electron chi connectivity index (χ4n) is 5.60. The normalized spacial score (nSPS) is 22.8. The standard InChI is InChI=1S/C30H40N6O5/c1-38-26-21-24-22-27(28(26)39-2)40-19-6-11-25(36-29(31-32-33-36)23-9-4-3-5-10-23)12-16-35-14-7-13-34(17-18-35)15-8-20-41-30(24)37/h3-5,9-10,21-22,25H,6-8,11-20H2,1-2H3. The molecule has 2 aliphatic heterocycles. The molecule has 1 saturated heterocycles. The number of hydrogen-bond acceptors (Lipinski definition) is 10. The van der Waals surface area contributed by atoms with E-state index in [4.69, 9.17) is 18.9 Å². The van der Waals surface area contributed by atoms with Crippen LogP contribution in [0.4, 0.5) is 0 Å². The molecule has 2 aromatic carbocycles. The zero-order valence-electron chi connectivity index (χ0n) is 24.0. The fourth-order valence-corrected chi connectivity index (χ4v) is 5.60. The maximum absolute atomic E-state index is 12.9. The van der Waals surface area contributed by atoms with Gasteiger partial charge in [0, 0.05) is 31.7 Å². The fraction of sp³-hybridized carbons (Fsp3) is 0.533. The van der Waals surface area contributed by atoms with Crippen molar-refractivity contribution in [2.75, 3.05) is 66.7 Å². The smallest absolute Gasteiger partial charge is 0.338 e. The molecule has 3 heterocycles. The van der Waals surface area contributed by atoms with Gasteiger partial charge in [-0.15, -0.1) is 5.10 Å². The molecule has 3 atom stereocenters. The van der Waals surface area contributed by atoms with Gasteiger partial charge in [0.2, 0.25) is 5.75 Å². The Hall–Kier alpha value is -3.70. The lowest BCUT2D eigenvalue weighted by Crippen LogP contribution is -2.33. The van der Waals surface area contributed by atoms with Crippen molar-refractivity contribution in [3.05, 3.63) is 48.0 Å². The monoisotopic (exact) mass is 564 g/mol. The van der Waals surface area contributed by atoms with Gasteiger partial charge in [-0.05, 0) is 67.8 Å². The molecule has 0 saturated carbocycles. The highest BCUT2D eigenvalue weighted by molar-refractivity contribution is 5.91. The summed E-state index contributed by atoms with van der Waals surface area (Å²) < 4.78 is 24.8. The van der Waals surface area contributed by atoms with Crippen LogP contribution in [0.1, 0.15) is 48.5 Å². The van der Waals surface area contributed by atoms with Crippen LogP contribution in [0.3, 0.4) is 0 Å². The first-order chi connectivity index (χ1) is 20.2. The average molecular weight is 565 g/mol. The predicted molar refractivity (Wildman–Crippen MR) is 154 cm³/mol. The largest absolute Gasteiger partial charge is 0.493 e. The third-order valence-electron chi connectivity index (χ3n) is 7.80. The molecule has 2 aliphatic rings. The van der Waals surface area contributed by atoms with E-state index in [0.717, 1.165) is 82.8 Å². The van der Waals surface area contributed by atoms with Crippen LogP contribution in [-0.4, -0.2) is 103 Å². The van der Waals surface area contributed by atoms with E-state index in [1.54, 1.807) is 26.4 Å². The molecule has 0 radical (unpaired) electrons. The molecule has 0 spiro atoms. The molecule has 0 N–H and O–H groups in total. The highest BCUT2D eigenvalue weighted by atomic mass is 16.5. The Morgan fingerprint density at radius 2 is 1.56 bits per heavy atom. The molecular weight excluding hydrogens is 524 g/mol. The summed E-state index contributed by atoms with van der Waals surface area (Å²) in [5.41, 5.74) is 1.37. The lowest BCUT2D eigenvalue weighted by atomic mass is 10.1. The van der Waals surface area contributed by atoms with Gasteiger partial charge in [-0.1, -0.05) is 30.3 Å². The quantitative estimate of drug-likeness (QED) is 0.436. The molecule has 220 valence electrons. The number of carbonyl (C=O) groups excluding carboxylic acids is 1. The van der Waals surface area contributed by atoms with Gasteiger partial charge in [0.15, 0.2) is 17.3 Å². The minimum atomic E-state index is -0.400. The Morgan fingerprint density at radius 3 is 2.34 bits per heavy atom. The Labute approximate surface area is 241 Å². The number of aromatic nitrogens is 4. The van der Waals surface area contributed by atoms with E-state index in [9.17, 15) is 4.79 Å². The third-order valence-corrected chi connectivity index (χ3v) is 7.80. The van der Waals surface area contributed by atoms with E-state index in [1.807, 2.05) is 35.0 Å². The number of ether oxygens (including phenoxy) is 4. The lowest BCUT2D eigenvalue weighted by Gasteiger charge is -2.25. The maximum Gasteiger partial charge on any atom is 0.338 e. The number of carbonyl (C=O) groups is 1. The van der Waals surface area contributed by atoms with Crippen molar-refractivity contribution in [3.63, 3.8) is 0 Å². The molecular formula is C30H40N6O5. The summed E-state index contributed by atoms with van der Waals surface area (Å²) in [5, 5.41) is 12.9. The van der Waals surface area contributed by atoms with Crippen LogP contribution in [-0.2, 0) is 4.74 Å². The Morgan fingerprint density at radius 1 is 0.805 bits per heavy atom. The van der Waals surface area contributed by atoms with E-state index >= 15 is 0 Å². The van der Waals surface area contributed by atoms with Crippen molar-refractivity contribution in [2.24, 2.45) is 0 Å². The van der Waals surface area contributed by atoms with Crippen molar-refractivity contribution in [1.29, 1.82) is 0 Å². The Balaban J connectivity index is 1.39. The zero-order valence-corrected chi connectivity index (χ0v) is 24.0. The molecule has 0 amide bonds. The van der Waals surface area contributed by atoms with Crippen molar-refractivity contribution >= 4 is 5.97 Å². The van der Waals surface area contributed by atoms with Gasteiger partial charge in [0.05, 0.1) is 39.0 Å².